The molecule has 216 valence electrons. The minimum Gasteiger partial charge on any atom is -0.494 e. The van der Waals surface area contributed by atoms with E-state index in [1.165, 1.54) is 23.0 Å². The molecule has 1 aliphatic rings. The van der Waals surface area contributed by atoms with Crippen LogP contribution in [0.4, 0.5) is 10.1 Å². The number of benzene rings is 3. The van der Waals surface area contributed by atoms with Gasteiger partial charge in [0.15, 0.2) is 16.7 Å². The quantitative estimate of drug-likeness (QED) is 0.115. The number of hydrogen-bond acceptors (Lipinski definition) is 6. The Bertz CT molecular complexity index is 1690. The van der Waals surface area contributed by atoms with Crippen molar-refractivity contribution in [2.75, 3.05) is 31.8 Å². The molecule has 0 saturated carbocycles. The molecule has 1 saturated heterocycles. The number of halogens is 2. The van der Waals surface area contributed by atoms with Crippen molar-refractivity contribution in [3.05, 3.63) is 94.5 Å². The van der Waals surface area contributed by atoms with Crippen molar-refractivity contribution < 1.29 is 28.2 Å². The highest BCUT2D eigenvalue weighted by atomic mass is 79.9. The highest BCUT2D eigenvalue weighted by Crippen LogP contribution is 2.33. The molecule has 0 N–H and O–H groups in total. The third kappa shape index (κ3) is 6.02. The Hall–Kier alpha value is -4.22. The van der Waals surface area contributed by atoms with E-state index >= 15 is 0 Å². The summed E-state index contributed by atoms with van der Waals surface area (Å²) < 4.78 is 33.0. The van der Waals surface area contributed by atoms with E-state index in [2.05, 4.69) is 15.9 Å². The number of ether oxygens (including phenoxy) is 3. The van der Waals surface area contributed by atoms with Crippen LogP contribution < -0.4 is 14.4 Å². The maximum absolute atomic E-state index is 14.0. The molecule has 0 aliphatic carbocycles. The van der Waals surface area contributed by atoms with E-state index < -0.39 is 11.8 Å². The van der Waals surface area contributed by atoms with Gasteiger partial charge in [-0.15, -0.1) is 0 Å². The number of esters is 1. The van der Waals surface area contributed by atoms with Gasteiger partial charge in [-0.3, -0.25) is 14.5 Å². The van der Waals surface area contributed by atoms with Crippen LogP contribution >= 0.6 is 28.1 Å². The number of thiocarbonyl (C=S) groups is 1. The van der Waals surface area contributed by atoms with E-state index in [1.807, 2.05) is 35.9 Å². The first-order chi connectivity index (χ1) is 20.3. The predicted molar refractivity (Wildman–Crippen MR) is 166 cm³/mol. The Labute approximate surface area is 256 Å². The average molecular weight is 653 g/mol. The zero-order valence-corrected chi connectivity index (χ0v) is 25.3. The lowest BCUT2D eigenvalue weighted by atomic mass is 10.1. The molecule has 1 fully saturated rings. The average Bonchev–Trinajstić information content (AvgIpc) is 3.43. The van der Waals surface area contributed by atoms with Crippen molar-refractivity contribution in [3.8, 4) is 11.5 Å². The summed E-state index contributed by atoms with van der Waals surface area (Å²) in [5.74, 6) is -0.509. The van der Waals surface area contributed by atoms with Crippen molar-refractivity contribution in [2.24, 2.45) is 0 Å². The first kappa shape index (κ1) is 29.3. The van der Waals surface area contributed by atoms with E-state index in [0.29, 0.717) is 24.6 Å². The Kier molecular flexibility index (Phi) is 8.89. The molecule has 8 nitrogen and oxygen atoms in total. The van der Waals surface area contributed by atoms with Crippen molar-refractivity contribution in [2.45, 2.75) is 13.5 Å². The fraction of sp³-hybridized carbons (Fsp3) is 0.194. The zero-order chi connectivity index (χ0) is 29.8. The SMILES string of the molecule is CCOc1ccc(N2C(=O)/C(=C/c3cn(CCOc4ccccc4F)c4ccc(Br)cc34)N(CC(=O)OC)C2=S)cc1. The summed E-state index contributed by atoms with van der Waals surface area (Å²) in [7, 11) is 1.28. The molecular weight excluding hydrogens is 625 g/mol. The number of fused-ring (bicyclic) bond motifs is 1. The number of carbonyl (C=O) groups excluding carboxylic acids is 2. The molecule has 5 rings (SSSR count). The van der Waals surface area contributed by atoms with Gasteiger partial charge in [-0.05, 0) is 79.8 Å². The van der Waals surface area contributed by atoms with Crippen LogP contribution in [0.5, 0.6) is 11.5 Å². The molecule has 11 heteroatoms. The fourth-order valence-electron chi connectivity index (χ4n) is 4.67. The van der Waals surface area contributed by atoms with Gasteiger partial charge in [-0.25, -0.2) is 4.39 Å². The monoisotopic (exact) mass is 651 g/mol. The molecule has 0 atom stereocenters. The number of nitrogens with zero attached hydrogens (tertiary/aromatic N) is 3. The van der Waals surface area contributed by atoms with Crippen LogP contribution in [0.15, 0.2) is 83.1 Å². The summed E-state index contributed by atoms with van der Waals surface area (Å²) >= 11 is 9.23. The number of methoxy groups -OCH3 is 1. The van der Waals surface area contributed by atoms with Gasteiger partial charge in [0.1, 0.15) is 24.6 Å². The summed E-state index contributed by atoms with van der Waals surface area (Å²) in [6.45, 7) is 2.81. The van der Waals surface area contributed by atoms with Gasteiger partial charge in [0.25, 0.3) is 5.91 Å². The number of hydrogen-bond donors (Lipinski definition) is 0. The third-order valence-corrected chi connectivity index (χ3v) is 7.54. The molecule has 0 spiro atoms. The van der Waals surface area contributed by atoms with E-state index in [0.717, 1.165) is 20.9 Å². The van der Waals surface area contributed by atoms with Gasteiger partial charge < -0.3 is 23.7 Å². The Morgan fingerprint density at radius 2 is 1.83 bits per heavy atom. The molecule has 4 aromatic rings. The molecule has 3 aromatic carbocycles. The second-order valence-corrected chi connectivity index (χ2v) is 10.5. The second-order valence-electron chi connectivity index (χ2n) is 9.26. The first-order valence-electron chi connectivity index (χ1n) is 13.1. The molecular formula is C31H27BrFN3O5S. The maximum Gasteiger partial charge on any atom is 0.325 e. The summed E-state index contributed by atoms with van der Waals surface area (Å²) in [6, 6.07) is 19.1. The molecule has 42 heavy (non-hydrogen) atoms. The van der Waals surface area contributed by atoms with Crippen molar-refractivity contribution in [1.82, 2.24) is 9.47 Å². The topological polar surface area (TPSA) is 73.2 Å². The lowest BCUT2D eigenvalue weighted by Crippen LogP contribution is -2.35. The predicted octanol–water partition coefficient (Wildman–Crippen LogP) is 6.17. The van der Waals surface area contributed by atoms with Gasteiger partial charge in [-0.2, -0.15) is 0 Å². The minimum absolute atomic E-state index is 0.156. The van der Waals surface area contributed by atoms with Crippen molar-refractivity contribution in [1.29, 1.82) is 0 Å². The standard InChI is InChI=1S/C31H27BrFN3O5S/c1-3-40-23-11-9-22(10-12-23)36-30(38)27(35(31(36)42)19-29(37)39-2)16-20-18-34(26-13-8-21(32)17-24(20)26)14-15-41-28-7-5-4-6-25(28)33/h4-13,16-18H,3,14-15,19H2,1-2H3/b27-16-. The molecule has 2 heterocycles. The number of aromatic nitrogens is 1. The number of anilines is 1. The lowest BCUT2D eigenvalue weighted by molar-refractivity contribution is -0.140. The first-order valence-corrected chi connectivity index (χ1v) is 14.3. The zero-order valence-electron chi connectivity index (χ0n) is 22.9. The van der Waals surface area contributed by atoms with Gasteiger partial charge in [0, 0.05) is 27.1 Å². The highest BCUT2D eigenvalue weighted by Gasteiger charge is 2.40. The Morgan fingerprint density at radius 1 is 1.07 bits per heavy atom. The van der Waals surface area contributed by atoms with Crippen LogP contribution in [0, 0.1) is 5.82 Å². The van der Waals surface area contributed by atoms with Gasteiger partial charge in [0.05, 0.1) is 25.9 Å². The van der Waals surface area contributed by atoms with Crippen LogP contribution in [-0.2, 0) is 20.9 Å². The molecule has 1 aliphatic heterocycles. The van der Waals surface area contributed by atoms with Crippen LogP contribution in [-0.4, -0.2) is 53.3 Å². The van der Waals surface area contributed by atoms with Crippen LogP contribution in [0.2, 0.25) is 0 Å². The van der Waals surface area contributed by atoms with Gasteiger partial charge >= 0.3 is 5.97 Å². The van der Waals surface area contributed by atoms with E-state index in [-0.39, 0.29) is 35.6 Å². The number of carbonyl (C=O) groups is 2. The number of rotatable bonds is 10. The summed E-state index contributed by atoms with van der Waals surface area (Å²) in [5, 5.41) is 1.02. The molecule has 0 unspecified atom stereocenters. The van der Waals surface area contributed by atoms with Crippen LogP contribution in [0.3, 0.4) is 0 Å². The molecule has 0 radical (unpaired) electrons. The highest BCUT2D eigenvalue weighted by molar-refractivity contribution is 9.10. The molecule has 1 amide bonds. The van der Waals surface area contributed by atoms with E-state index in [9.17, 15) is 14.0 Å². The summed E-state index contributed by atoms with van der Waals surface area (Å²) in [4.78, 5) is 29.1. The van der Waals surface area contributed by atoms with E-state index in [4.69, 9.17) is 26.4 Å². The minimum atomic E-state index is -0.542. The van der Waals surface area contributed by atoms with Crippen LogP contribution in [0.25, 0.3) is 17.0 Å². The number of amides is 1. The number of para-hydroxylation sites is 1. The van der Waals surface area contributed by atoms with E-state index in [1.54, 1.807) is 48.5 Å². The summed E-state index contributed by atoms with van der Waals surface area (Å²) in [6.07, 6.45) is 3.61. The second kappa shape index (κ2) is 12.7. The smallest absolute Gasteiger partial charge is 0.325 e. The Morgan fingerprint density at radius 3 is 2.55 bits per heavy atom. The molecule has 1 aromatic heterocycles. The molecule has 0 bridgehead atoms. The third-order valence-electron chi connectivity index (χ3n) is 6.65. The fourth-order valence-corrected chi connectivity index (χ4v) is 5.38. The van der Waals surface area contributed by atoms with Crippen molar-refractivity contribution in [3.63, 3.8) is 0 Å². The van der Waals surface area contributed by atoms with Crippen molar-refractivity contribution >= 4 is 67.8 Å². The normalized spacial score (nSPS) is 14.2. The Balaban J connectivity index is 1.51. The maximum atomic E-state index is 14.0. The summed E-state index contributed by atoms with van der Waals surface area (Å²) in [5.41, 5.74) is 2.38. The van der Waals surface area contributed by atoms with Gasteiger partial charge in [-0.1, -0.05) is 28.1 Å². The largest absolute Gasteiger partial charge is 0.494 e. The lowest BCUT2D eigenvalue weighted by Gasteiger charge is -2.19. The van der Waals surface area contributed by atoms with Crippen LogP contribution in [0.1, 0.15) is 12.5 Å². The van der Waals surface area contributed by atoms with Gasteiger partial charge in [0.2, 0.25) is 0 Å².